The van der Waals surface area contributed by atoms with E-state index in [2.05, 4.69) is 26.6 Å². The summed E-state index contributed by atoms with van der Waals surface area (Å²) >= 11 is 3.26. The molecule has 1 heterocycles. The van der Waals surface area contributed by atoms with Gasteiger partial charge in [-0.15, -0.1) is 12.4 Å². The van der Waals surface area contributed by atoms with Gasteiger partial charge in [0, 0.05) is 23.3 Å². The minimum atomic E-state index is -0.182. The topological polar surface area (TPSA) is 63.1 Å². The summed E-state index contributed by atoms with van der Waals surface area (Å²) in [5.41, 5.74) is -0.182. The van der Waals surface area contributed by atoms with Gasteiger partial charge in [0.25, 0.3) is 5.56 Å². The van der Waals surface area contributed by atoms with Crippen LogP contribution in [0, 0.1) is 0 Å². The van der Waals surface area contributed by atoms with Crippen molar-refractivity contribution in [1.82, 2.24) is 15.2 Å². The van der Waals surface area contributed by atoms with Crippen LogP contribution in [-0.4, -0.2) is 30.6 Å². The molecule has 0 unspecified atom stereocenters. The van der Waals surface area contributed by atoms with Crippen LogP contribution >= 0.6 is 28.3 Å². The fraction of sp³-hybridized carbons (Fsp3) is 0.455. The van der Waals surface area contributed by atoms with E-state index in [9.17, 15) is 9.59 Å². The monoisotopic (exact) mass is 337 g/mol. The lowest BCUT2D eigenvalue weighted by atomic mass is 10.4. The molecule has 102 valence electrons. The van der Waals surface area contributed by atoms with Crippen molar-refractivity contribution >= 4 is 34.2 Å². The van der Waals surface area contributed by atoms with E-state index in [1.807, 2.05) is 7.05 Å². The first kappa shape index (κ1) is 17.2. The summed E-state index contributed by atoms with van der Waals surface area (Å²) < 4.78 is 2.15. The summed E-state index contributed by atoms with van der Waals surface area (Å²) in [5.74, 6) is -0.152. The normalized spacial score (nSPS) is 9.67. The van der Waals surface area contributed by atoms with Crippen molar-refractivity contribution in [2.75, 3.05) is 20.1 Å². The molecule has 1 aromatic heterocycles. The highest BCUT2D eigenvalue weighted by atomic mass is 79.9. The minimum Gasteiger partial charge on any atom is -0.355 e. The molecular formula is C11H17BrClN3O2. The van der Waals surface area contributed by atoms with Crippen LogP contribution in [-0.2, 0) is 11.3 Å². The Balaban J connectivity index is 0.00000289. The summed E-state index contributed by atoms with van der Waals surface area (Å²) in [7, 11) is 1.86. The number of rotatable bonds is 6. The highest BCUT2D eigenvalue weighted by molar-refractivity contribution is 9.10. The predicted octanol–water partition coefficient (Wildman–Crippen LogP) is 0.758. The van der Waals surface area contributed by atoms with Crippen molar-refractivity contribution < 1.29 is 4.79 Å². The fourth-order valence-electron chi connectivity index (χ4n) is 1.33. The lowest BCUT2D eigenvalue weighted by molar-refractivity contribution is -0.121. The van der Waals surface area contributed by atoms with Crippen molar-refractivity contribution in [3.05, 3.63) is 33.2 Å². The molecule has 0 aliphatic rings. The van der Waals surface area contributed by atoms with E-state index in [0.717, 1.165) is 17.4 Å². The van der Waals surface area contributed by atoms with Crippen LogP contribution in [0.25, 0.3) is 0 Å². The number of nitrogens with zero attached hydrogens (tertiary/aromatic N) is 1. The number of pyridine rings is 1. The third-order valence-corrected chi connectivity index (χ3v) is 2.66. The van der Waals surface area contributed by atoms with E-state index in [0.29, 0.717) is 6.54 Å². The van der Waals surface area contributed by atoms with E-state index in [-0.39, 0.29) is 30.4 Å². The number of hydrogen-bond acceptors (Lipinski definition) is 3. The summed E-state index contributed by atoms with van der Waals surface area (Å²) in [4.78, 5) is 23.0. The molecule has 1 aromatic rings. The van der Waals surface area contributed by atoms with E-state index >= 15 is 0 Å². The Kier molecular flexibility index (Phi) is 8.70. The Morgan fingerprint density at radius 2 is 2.11 bits per heavy atom. The van der Waals surface area contributed by atoms with Crippen LogP contribution in [0.15, 0.2) is 27.6 Å². The van der Waals surface area contributed by atoms with Crippen LogP contribution in [0.1, 0.15) is 6.42 Å². The fourth-order valence-corrected chi connectivity index (χ4v) is 1.71. The van der Waals surface area contributed by atoms with Crippen molar-refractivity contribution in [3.8, 4) is 0 Å². The van der Waals surface area contributed by atoms with Crippen molar-refractivity contribution in [2.24, 2.45) is 0 Å². The Morgan fingerprint density at radius 3 is 2.78 bits per heavy atom. The number of carbonyl (C=O) groups excluding carboxylic acids is 1. The standard InChI is InChI=1S/C11H16BrN3O2.ClH/c1-13-5-2-6-14-10(16)8-15-7-9(12)3-4-11(15)17;/h3-4,7,13H,2,5-6,8H2,1H3,(H,14,16);1H. The third-order valence-electron chi connectivity index (χ3n) is 2.19. The summed E-state index contributed by atoms with van der Waals surface area (Å²) in [6.45, 7) is 1.53. The second-order valence-corrected chi connectivity index (χ2v) is 4.54. The molecule has 1 rings (SSSR count). The van der Waals surface area contributed by atoms with Crippen molar-refractivity contribution in [3.63, 3.8) is 0 Å². The molecule has 0 atom stereocenters. The molecule has 0 aliphatic heterocycles. The first-order valence-corrected chi connectivity index (χ1v) is 6.20. The number of aromatic nitrogens is 1. The highest BCUT2D eigenvalue weighted by Gasteiger charge is 2.03. The van der Waals surface area contributed by atoms with Gasteiger partial charge >= 0.3 is 0 Å². The molecule has 1 amide bonds. The summed E-state index contributed by atoms with van der Waals surface area (Å²) in [5, 5.41) is 5.75. The lowest BCUT2D eigenvalue weighted by Crippen LogP contribution is -2.33. The average molecular weight is 339 g/mol. The smallest absolute Gasteiger partial charge is 0.251 e. The van der Waals surface area contributed by atoms with Crippen LogP contribution in [0.4, 0.5) is 0 Å². The number of carbonyl (C=O) groups is 1. The number of hydrogen-bond donors (Lipinski definition) is 2. The molecule has 2 N–H and O–H groups in total. The molecule has 0 fully saturated rings. The molecule has 18 heavy (non-hydrogen) atoms. The van der Waals surface area contributed by atoms with Crippen LogP contribution in [0.2, 0.25) is 0 Å². The first-order chi connectivity index (χ1) is 8.13. The maximum absolute atomic E-state index is 11.5. The Labute approximate surface area is 120 Å². The molecular weight excluding hydrogens is 321 g/mol. The van der Waals surface area contributed by atoms with Gasteiger partial charge in [-0.3, -0.25) is 9.59 Å². The van der Waals surface area contributed by atoms with E-state index < -0.39 is 0 Å². The Morgan fingerprint density at radius 1 is 1.39 bits per heavy atom. The van der Waals surface area contributed by atoms with E-state index in [4.69, 9.17) is 0 Å². The number of halogens is 2. The molecule has 0 aliphatic carbocycles. The van der Waals surface area contributed by atoms with Gasteiger partial charge in [0.05, 0.1) is 0 Å². The zero-order chi connectivity index (χ0) is 12.7. The second kappa shape index (κ2) is 9.13. The Hall–Kier alpha value is -0.850. The predicted molar refractivity (Wildman–Crippen MR) is 77.2 cm³/mol. The van der Waals surface area contributed by atoms with Gasteiger partial charge in [-0.05, 0) is 42.0 Å². The molecule has 7 heteroatoms. The van der Waals surface area contributed by atoms with Crippen LogP contribution < -0.4 is 16.2 Å². The lowest BCUT2D eigenvalue weighted by Gasteiger charge is -2.07. The maximum atomic E-state index is 11.5. The zero-order valence-electron chi connectivity index (χ0n) is 10.1. The summed E-state index contributed by atoms with van der Waals surface area (Å²) in [6.07, 6.45) is 2.48. The quantitative estimate of drug-likeness (QED) is 0.753. The molecule has 0 bridgehead atoms. The zero-order valence-corrected chi connectivity index (χ0v) is 12.5. The average Bonchev–Trinajstić information content (AvgIpc) is 2.29. The van der Waals surface area contributed by atoms with Crippen molar-refractivity contribution in [2.45, 2.75) is 13.0 Å². The summed E-state index contributed by atoms with van der Waals surface area (Å²) in [6, 6.07) is 3.09. The molecule has 0 aromatic carbocycles. The van der Waals surface area contributed by atoms with Gasteiger partial charge in [-0.2, -0.15) is 0 Å². The molecule has 0 spiro atoms. The van der Waals surface area contributed by atoms with Gasteiger partial charge in [0.1, 0.15) is 6.54 Å². The second-order valence-electron chi connectivity index (χ2n) is 3.62. The molecule has 0 saturated heterocycles. The van der Waals surface area contributed by atoms with E-state index in [1.165, 1.54) is 10.6 Å². The highest BCUT2D eigenvalue weighted by Crippen LogP contribution is 2.04. The van der Waals surface area contributed by atoms with E-state index in [1.54, 1.807) is 12.3 Å². The van der Waals surface area contributed by atoms with Gasteiger partial charge < -0.3 is 15.2 Å². The Bertz CT molecular complexity index is 437. The molecule has 0 saturated carbocycles. The SMILES string of the molecule is CNCCCNC(=O)Cn1cc(Br)ccc1=O.Cl. The number of nitrogens with one attached hydrogen (secondary N) is 2. The van der Waals surface area contributed by atoms with Crippen LogP contribution in [0.5, 0.6) is 0 Å². The van der Waals surface area contributed by atoms with Gasteiger partial charge in [0.2, 0.25) is 5.91 Å². The molecule has 0 radical (unpaired) electrons. The first-order valence-electron chi connectivity index (χ1n) is 5.41. The molecule has 5 nitrogen and oxygen atoms in total. The minimum absolute atomic E-state index is 0. The largest absolute Gasteiger partial charge is 0.355 e. The van der Waals surface area contributed by atoms with Crippen molar-refractivity contribution in [1.29, 1.82) is 0 Å². The van der Waals surface area contributed by atoms with Gasteiger partial charge in [0.15, 0.2) is 0 Å². The van der Waals surface area contributed by atoms with Crippen LogP contribution in [0.3, 0.4) is 0 Å². The van der Waals surface area contributed by atoms with Gasteiger partial charge in [-0.1, -0.05) is 0 Å². The van der Waals surface area contributed by atoms with Gasteiger partial charge in [-0.25, -0.2) is 0 Å². The number of amides is 1. The maximum Gasteiger partial charge on any atom is 0.251 e. The third kappa shape index (κ3) is 6.18.